The van der Waals surface area contributed by atoms with Crippen LogP contribution in [-0.4, -0.2) is 67.3 Å². The molecule has 110 valence electrons. The summed E-state index contributed by atoms with van der Waals surface area (Å²) >= 11 is 0. The van der Waals surface area contributed by atoms with Crippen LogP contribution in [0.15, 0.2) is 0 Å². The number of carbonyl (C=O) groups excluding carboxylic acids is 2. The predicted molar refractivity (Wildman–Crippen MR) is 67.8 cm³/mol. The molecule has 19 heavy (non-hydrogen) atoms. The van der Waals surface area contributed by atoms with E-state index in [-0.39, 0.29) is 25.6 Å². The van der Waals surface area contributed by atoms with Crippen LogP contribution >= 0.6 is 0 Å². The highest BCUT2D eigenvalue weighted by atomic mass is 16.5. The average Bonchev–Trinajstić information content (AvgIpc) is 2.37. The Balaban J connectivity index is 3.64. The molecule has 3 N–H and O–H groups in total. The van der Waals surface area contributed by atoms with E-state index in [0.29, 0.717) is 13.1 Å². The lowest BCUT2D eigenvalue weighted by Gasteiger charge is -2.18. The highest BCUT2D eigenvalue weighted by Gasteiger charge is 2.10. The number of nitrogens with zero attached hydrogens (tertiary/aromatic N) is 1. The Bertz CT molecular complexity index is 305. The van der Waals surface area contributed by atoms with Crippen molar-refractivity contribution in [2.24, 2.45) is 0 Å². The van der Waals surface area contributed by atoms with Crippen LogP contribution in [0.25, 0.3) is 0 Å². The second kappa shape index (κ2) is 10.1. The third-order valence-corrected chi connectivity index (χ3v) is 2.27. The number of carboxylic acids is 1. The quantitative estimate of drug-likeness (QED) is 0.480. The Labute approximate surface area is 112 Å². The highest BCUT2D eigenvalue weighted by Crippen LogP contribution is 1.87. The van der Waals surface area contributed by atoms with E-state index in [2.05, 4.69) is 10.6 Å². The molecule has 8 nitrogen and oxygen atoms in total. The van der Waals surface area contributed by atoms with Gasteiger partial charge in [0.05, 0.1) is 13.2 Å². The molecule has 0 heterocycles. The molecule has 0 spiro atoms. The van der Waals surface area contributed by atoms with Crippen LogP contribution in [0.3, 0.4) is 0 Å². The van der Waals surface area contributed by atoms with Gasteiger partial charge in [-0.05, 0) is 13.8 Å². The number of carbonyl (C=O) groups is 3. The fourth-order valence-electron chi connectivity index (χ4n) is 1.30. The number of hydrogen-bond acceptors (Lipinski definition) is 4. The number of likely N-dealkylation sites (N-methyl/N-ethyl adjacent to an activating group) is 1. The first-order chi connectivity index (χ1) is 9.01. The number of aliphatic carboxylic acids is 1. The van der Waals surface area contributed by atoms with E-state index in [1.54, 1.807) is 4.90 Å². The number of ether oxygens (including phenoxy) is 1. The topological polar surface area (TPSA) is 108 Å². The number of rotatable bonds is 9. The van der Waals surface area contributed by atoms with Crippen molar-refractivity contribution in [3.8, 4) is 0 Å². The van der Waals surface area contributed by atoms with Gasteiger partial charge < -0.3 is 25.4 Å². The maximum Gasteiger partial charge on any atom is 0.329 e. The molecule has 0 aromatic carbocycles. The third kappa shape index (κ3) is 8.83. The van der Waals surface area contributed by atoms with Gasteiger partial charge in [0.15, 0.2) is 0 Å². The number of urea groups is 1. The largest absolute Gasteiger partial charge is 0.480 e. The van der Waals surface area contributed by atoms with Gasteiger partial charge in [-0.15, -0.1) is 0 Å². The molecule has 0 rings (SSSR count). The Kier molecular flexibility index (Phi) is 9.15. The van der Waals surface area contributed by atoms with Gasteiger partial charge in [0.2, 0.25) is 5.91 Å². The van der Waals surface area contributed by atoms with Gasteiger partial charge in [-0.3, -0.25) is 4.79 Å². The van der Waals surface area contributed by atoms with Crippen LogP contribution in [0.5, 0.6) is 0 Å². The van der Waals surface area contributed by atoms with E-state index in [1.165, 1.54) is 0 Å². The fraction of sp³-hybridized carbons (Fsp3) is 0.727. The molecule has 0 aliphatic carbocycles. The van der Waals surface area contributed by atoms with Crippen molar-refractivity contribution in [1.29, 1.82) is 0 Å². The van der Waals surface area contributed by atoms with Gasteiger partial charge in [0, 0.05) is 19.6 Å². The molecule has 0 aliphatic heterocycles. The number of carboxylic acid groups (broad SMARTS) is 1. The fourth-order valence-corrected chi connectivity index (χ4v) is 1.30. The van der Waals surface area contributed by atoms with Crippen LogP contribution in [0.2, 0.25) is 0 Å². The van der Waals surface area contributed by atoms with Gasteiger partial charge in [0.25, 0.3) is 0 Å². The normalized spacial score (nSPS) is 9.79. The van der Waals surface area contributed by atoms with Crippen LogP contribution < -0.4 is 10.6 Å². The van der Waals surface area contributed by atoms with E-state index in [9.17, 15) is 14.4 Å². The van der Waals surface area contributed by atoms with Gasteiger partial charge in [-0.2, -0.15) is 0 Å². The number of nitrogens with one attached hydrogen (secondary N) is 2. The van der Waals surface area contributed by atoms with Crippen molar-refractivity contribution in [3.63, 3.8) is 0 Å². The summed E-state index contributed by atoms with van der Waals surface area (Å²) in [5.41, 5.74) is 0. The molecule has 8 heteroatoms. The lowest BCUT2D eigenvalue weighted by atomic mass is 10.4. The standard InChI is InChI=1S/C11H21N3O5/c1-3-14(4-2)9(15)7-13-11(18)12-5-6-19-8-10(16)17/h3-8H2,1-2H3,(H,16,17)(H2,12,13,18). The zero-order valence-corrected chi connectivity index (χ0v) is 11.3. The second-order valence-electron chi connectivity index (χ2n) is 3.62. The van der Waals surface area contributed by atoms with Crippen LogP contribution in [0.1, 0.15) is 13.8 Å². The molecule has 0 aromatic heterocycles. The van der Waals surface area contributed by atoms with E-state index >= 15 is 0 Å². The van der Waals surface area contributed by atoms with Gasteiger partial charge >= 0.3 is 12.0 Å². The highest BCUT2D eigenvalue weighted by molar-refractivity contribution is 5.83. The minimum Gasteiger partial charge on any atom is -0.480 e. The Hall–Kier alpha value is -1.83. The van der Waals surface area contributed by atoms with Crippen molar-refractivity contribution < 1.29 is 24.2 Å². The van der Waals surface area contributed by atoms with Crippen molar-refractivity contribution in [2.75, 3.05) is 39.4 Å². The van der Waals surface area contributed by atoms with Crippen LogP contribution in [-0.2, 0) is 14.3 Å². The van der Waals surface area contributed by atoms with E-state index < -0.39 is 18.6 Å². The Morgan fingerprint density at radius 3 is 2.32 bits per heavy atom. The zero-order valence-electron chi connectivity index (χ0n) is 11.3. The minimum atomic E-state index is -1.06. The molecular weight excluding hydrogens is 254 g/mol. The predicted octanol–water partition coefficient (Wildman–Crippen LogP) is -0.745. The first-order valence-corrected chi connectivity index (χ1v) is 6.10. The lowest BCUT2D eigenvalue weighted by molar-refractivity contribution is -0.142. The Morgan fingerprint density at radius 2 is 1.79 bits per heavy atom. The summed E-state index contributed by atoms with van der Waals surface area (Å²) in [6.07, 6.45) is 0. The summed E-state index contributed by atoms with van der Waals surface area (Å²) in [5.74, 6) is -1.21. The van der Waals surface area contributed by atoms with Gasteiger partial charge in [-0.1, -0.05) is 0 Å². The average molecular weight is 275 g/mol. The molecule has 0 bridgehead atoms. The molecular formula is C11H21N3O5. The van der Waals surface area contributed by atoms with E-state index in [4.69, 9.17) is 9.84 Å². The molecule has 0 aromatic rings. The second-order valence-corrected chi connectivity index (χ2v) is 3.62. The number of amides is 3. The molecule has 0 saturated carbocycles. The van der Waals surface area contributed by atoms with Crippen LogP contribution in [0, 0.1) is 0 Å². The van der Waals surface area contributed by atoms with E-state index in [0.717, 1.165) is 0 Å². The monoisotopic (exact) mass is 275 g/mol. The van der Waals surface area contributed by atoms with Crippen molar-refractivity contribution in [2.45, 2.75) is 13.8 Å². The molecule has 0 aliphatic rings. The molecule has 0 fully saturated rings. The minimum absolute atomic E-state index is 0.0660. The zero-order chi connectivity index (χ0) is 14.7. The Morgan fingerprint density at radius 1 is 1.16 bits per heavy atom. The smallest absolute Gasteiger partial charge is 0.329 e. The van der Waals surface area contributed by atoms with Crippen molar-refractivity contribution in [1.82, 2.24) is 15.5 Å². The van der Waals surface area contributed by atoms with Gasteiger partial charge in [-0.25, -0.2) is 9.59 Å². The van der Waals surface area contributed by atoms with Crippen LogP contribution in [0.4, 0.5) is 4.79 Å². The summed E-state index contributed by atoms with van der Waals surface area (Å²) in [4.78, 5) is 34.6. The lowest BCUT2D eigenvalue weighted by Crippen LogP contribution is -2.44. The molecule has 0 unspecified atom stereocenters. The summed E-state index contributed by atoms with van der Waals surface area (Å²) in [6.45, 7) is 4.74. The maximum absolute atomic E-state index is 11.6. The van der Waals surface area contributed by atoms with Crippen molar-refractivity contribution >= 4 is 17.9 Å². The first-order valence-electron chi connectivity index (χ1n) is 6.10. The maximum atomic E-state index is 11.6. The van der Waals surface area contributed by atoms with Gasteiger partial charge in [0.1, 0.15) is 6.61 Å². The molecule has 0 radical (unpaired) electrons. The molecule has 3 amide bonds. The SMILES string of the molecule is CCN(CC)C(=O)CNC(=O)NCCOCC(=O)O. The number of hydrogen-bond donors (Lipinski definition) is 3. The summed E-state index contributed by atoms with van der Waals surface area (Å²) in [6, 6.07) is -0.487. The summed E-state index contributed by atoms with van der Waals surface area (Å²) in [5, 5.41) is 13.2. The third-order valence-electron chi connectivity index (χ3n) is 2.27. The molecule has 0 atom stereocenters. The van der Waals surface area contributed by atoms with Crippen molar-refractivity contribution in [3.05, 3.63) is 0 Å². The molecule has 0 saturated heterocycles. The van der Waals surface area contributed by atoms with E-state index in [1.807, 2.05) is 13.8 Å². The first kappa shape index (κ1) is 17.2. The summed E-state index contributed by atoms with van der Waals surface area (Å²) in [7, 11) is 0. The summed E-state index contributed by atoms with van der Waals surface area (Å²) < 4.78 is 4.73.